The molecule has 4 rings (SSSR count). The topological polar surface area (TPSA) is 80.8 Å². The van der Waals surface area contributed by atoms with Crippen LogP contribution in [0.1, 0.15) is 22.4 Å². The summed E-state index contributed by atoms with van der Waals surface area (Å²) in [6, 6.07) is 27.1. The van der Waals surface area contributed by atoms with Crippen LogP contribution in [0.5, 0.6) is 11.5 Å². The maximum absolute atomic E-state index is 14.0. The highest BCUT2D eigenvalue weighted by atomic mass is 35.5. The van der Waals surface area contributed by atoms with E-state index in [9.17, 15) is 9.59 Å². The second-order valence-electron chi connectivity index (χ2n) is 9.26. The van der Waals surface area contributed by atoms with Gasteiger partial charge in [-0.25, -0.2) is 0 Å². The molecular formula is C32H32ClN3O4. The van der Waals surface area contributed by atoms with E-state index in [-0.39, 0.29) is 31.3 Å². The second-order valence-corrected chi connectivity index (χ2v) is 9.70. The molecule has 0 aliphatic heterocycles. The minimum Gasteiger partial charge on any atom is -0.493 e. The van der Waals surface area contributed by atoms with E-state index in [0.29, 0.717) is 22.9 Å². The Morgan fingerprint density at radius 2 is 1.55 bits per heavy atom. The molecule has 0 radical (unpaired) electrons. The van der Waals surface area contributed by atoms with Crippen molar-refractivity contribution in [3.63, 3.8) is 0 Å². The SMILES string of the molecule is COc1ccc(CC(=O)N(Cc2ccc(Cl)cc2)C(Cc2ccccc2)C(=O)NCc2ccccn2)cc1OC. The van der Waals surface area contributed by atoms with Gasteiger partial charge in [0, 0.05) is 24.2 Å². The Labute approximate surface area is 239 Å². The molecule has 0 saturated carbocycles. The van der Waals surface area contributed by atoms with E-state index in [0.717, 1.165) is 22.4 Å². The molecule has 0 saturated heterocycles. The third kappa shape index (κ3) is 7.83. The van der Waals surface area contributed by atoms with Gasteiger partial charge in [0.25, 0.3) is 0 Å². The maximum atomic E-state index is 14.0. The van der Waals surface area contributed by atoms with Crippen molar-refractivity contribution in [2.45, 2.75) is 32.0 Å². The van der Waals surface area contributed by atoms with Crippen LogP contribution in [-0.4, -0.2) is 42.0 Å². The summed E-state index contributed by atoms with van der Waals surface area (Å²) in [5.74, 6) is 0.652. The molecule has 0 spiro atoms. The van der Waals surface area contributed by atoms with Gasteiger partial charge in [0.2, 0.25) is 11.8 Å². The Bertz CT molecular complexity index is 1400. The maximum Gasteiger partial charge on any atom is 0.243 e. The van der Waals surface area contributed by atoms with Gasteiger partial charge in [0.1, 0.15) is 6.04 Å². The molecule has 3 aromatic carbocycles. The molecule has 1 unspecified atom stereocenters. The average molecular weight is 558 g/mol. The third-order valence-corrected chi connectivity index (χ3v) is 6.76. The summed E-state index contributed by atoms with van der Waals surface area (Å²) in [7, 11) is 3.12. The molecule has 0 aliphatic rings. The predicted octanol–water partition coefficient (Wildman–Crippen LogP) is 5.25. The molecule has 1 aromatic heterocycles. The van der Waals surface area contributed by atoms with Gasteiger partial charge in [-0.15, -0.1) is 0 Å². The Balaban J connectivity index is 1.66. The monoisotopic (exact) mass is 557 g/mol. The first kappa shape index (κ1) is 28.6. The number of halogens is 1. The van der Waals surface area contributed by atoms with E-state index in [2.05, 4.69) is 10.3 Å². The number of hydrogen-bond donors (Lipinski definition) is 1. The summed E-state index contributed by atoms with van der Waals surface area (Å²) in [4.78, 5) is 33.7. The van der Waals surface area contributed by atoms with Gasteiger partial charge in [0.15, 0.2) is 11.5 Å². The first-order valence-electron chi connectivity index (χ1n) is 12.9. The first-order chi connectivity index (χ1) is 19.5. The lowest BCUT2D eigenvalue weighted by Gasteiger charge is -2.32. The minimum atomic E-state index is -0.769. The molecule has 8 heteroatoms. The Kier molecular flexibility index (Phi) is 10.1. The summed E-state index contributed by atoms with van der Waals surface area (Å²) in [6.07, 6.45) is 2.11. The van der Waals surface area contributed by atoms with Crippen molar-refractivity contribution < 1.29 is 19.1 Å². The number of aromatic nitrogens is 1. The molecule has 0 fully saturated rings. The molecule has 7 nitrogen and oxygen atoms in total. The van der Waals surface area contributed by atoms with Crippen molar-refractivity contribution >= 4 is 23.4 Å². The van der Waals surface area contributed by atoms with E-state index in [4.69, 9.17) is 21.1 Å². The summed E-state index contributed by atoms with van der Waals surface area (Å²) >= 11 is 6.12. The van der Waals surface area contributed by atoms with Crippen molar-refractivity contribution in [1.82, 2.24) is 15.2 Å². The van der Waals surface area contributed by atoms with E-state index >= 15 is 0 Å². The molecule has 206 valence electrons. The summed E-state index contributed by atoms with van der Waals surface area (Å²) in [5.41, 5.74) is 3.28. The van der Waals surface area contributed by atoms with Crippen molar-refractivity contribution in [2.75, 3.05) is 14.2 Å². The Morgan fingerprint density at radius 1 is 0.850 bits per heavy atom. The second kappa shape index (κ2) is 14.1. The minimum absolute atomic E-state index is 0.0761. The van der Waals surface area contributed by atoms with Crippen LogP contribution in [-0.2, 0) is 35.5 Å². The molecule has 4 aromatic rings. The van der Waals surface area contributed by atoms with Crippen molar-refractivity contribution in [3.05, 3.63) is 125 Å². The van der Waals surface area contributed by atoms with Crippen LogP contribution in [0.4, 0.5) is 0 Å². The summed E-state index contributed by atoms with van der Waals surface area (Å²) in [5, 5.41) is 3.59. The normalized spacial score (nSPS) is 11.4. The largest absolute Gasteiger partial charge is 0.493 e. The van der Waals surface area contributed by atoms with Gasteiger partial charge in [-0.05, 0) is 53.1 Å². The van der Waals surface area contributed by atoms with Gasteiger partial charge >= 0.3 is 0 Å². The number of nitrogens with one attached hydrogen (secondary N) is 1. The molecule has 1 heterocycles. The fourth-order valence-corrected chi connectivity index (χ4v) is 4.53. The van der Waals surface area contributed by atoms with Crippen molar-refractivity contribution in [1.29, 1.82) is 0 Å². The van der Waals surface area contributed by atoms with Crippen molar-refractivity contribution in [2.24, 2.45) is 0 Å². The molecule has 0 aliphatic carbocycles. The molecule has 1 N–H and O–H groups in total. The van der Waals surface area contributed by atoms with Crippen LogP contribution < -0.4 is 14.8 Å². The third-order valence-electron chi connectivity index (χ3n) is 6.51. The van der Waals surface area contributed by atoms with Gasteiger partial charge in [-0.1, -0.05) is 66.2 Å². The van der Waals surface area contributed by atoms with Gasteiger partial charge in [0.05, 0.1) is 32.9 Å². The zero-order chi connectivity index (χ0) is 28.3. The zero-order valence-corrected chi connectivity index (χ0v) is 23.3. The van der Waals surface area contributed by atoms with E-state index in [1.54, 1.807) is 49.6 Å². The number of methoxy groups -OCH3 is 2. The quantitative estimate of drug-likeness (QED) is 0.257. The Hall–Kier alpha value is -4.36. The smallest absolute Gasteiger partial charge is 0.243 e. The Morgan fingerprint density at radius 3 is 2.23 bits per heavy atom. The van der Waals surface area contributed by atoms with Gasteiger partial charge in [-0.3, -0.25) is 14.6 Å². The average Bonchev–Trinajstić information content (AvgIpc) is 2.99. The number of rotatable bonds is 12. The number of amides is 2. The van der Waals surface area contributed by atoms with Crippen LogP contribution in [0.3, 0.4) is 0 Å². The lowest BCUT2D eigenvalue weighted by molar-refractivity contribution is -0.140. The fourth-order valence-electron chi connectivity index (χ4n) is 4.41. The van der Waals surface area contributed by atoms with Gasteiger partial charge < -0.3 is 19.7 Å². The van der Waals surface area contributed by atoms with Crippen LogP contribution >= 0.6 is 11.6 Å². The zero-order valence-electron chi connectivity index (χ0n) is 22.5. The number of benzene rings is 3. The summed E-state index contributed by atoms with van der Waals surface area (Å²) < 4.78 is 10.8. The van der Waals surface area contributed by atoms with E-state index in [1.807, 2.05) is 66.7 Å². The van der Waals surface area contributed by atoms with Gasteiger partial charge in [-0.2, -0.15) is 0 Å². The number of carbonyl (C=O) groups is 2. The fraction of sp³-hybridized carbons (Fsp3) is 0.219. The van der Waals surface area contributed by atoms with Crippen LogP contribution in [0, 0.1) is 0 Å². The van der Waals surface area contributed by atoms with Crippen LogP contribution in [0.15, 0.2) is 97.2 Å². The molecule has 0 bridgehead atoms. The highest BCUT2D eigenvalue weighted by Gasteiger charge is 2.30. The highest BCUT2D eigenvalue weighted by molar-refractivity contribution is 6.30. The molecule has 40 heavy (non-hydrogen) atoms. The predicted molar refractivity (Wildman–Crippen MR) is 155 cm³/mol. The number of pyridine rings is 1. The molecule has 2 amide bonds. The summed E-state index contributed by atoms with van der Waals surface area (Å²) in [6.45, 7) is 0.488. The number of ether oxygens (including phenoxy) is 2. The first-order valence-corrected chi connectivity index (χ1v) is 13.3. The van der Waals surface area contributed by atoms with Crippen molar-refractivity contribution in [3.8, 4) is 11.5 Å². The standard InChI is InChI=1S/C32H32ClN3O4/c1-39-29-16-13-25(19-30(29)40-2)20-31(37)36(22-24-11-14-26(33)15-12-24)28(18-23-8-4-3-5-9-23)32(38)35-21-27-10-6-7-17-34-27/h3-17,19,28H,18,20-22H2,1-2H3,(H,35,38). The molecule has 1 atom stereocenters. The highest BCUT2D eigenvalue weighted by Crippen LogP contribution is 2.28. The number of carbonyl (C=O) groups excluding carboxylic acids is 2. The van der Waals surface area contributed by atoms with Crippen LogP contribution in [0.25, 0.3) is 0 Å². The number of hydrogen-bond acceptors (Lipinski definition) is 5. The lowest BCUT2D eigenvalue weighted by Crippen LogP contribution is -2.50. The van der Waals surface area contributed by atoms with E-state index < -0.39 is 6.04 Å². The van der Waals surface area contributed by atoms with Crippen LogP contribution in [0.2, 0.25) is 5.02 Å². The lowest BCUT2D eigenvalue weighted by atomic mass is 10.0. The molecular weight excluding hydrogens is 526 g/mol. The number of nitrogens with zero attached hydrogens (tertiary/aromatic N) is 2. The van der Waals surface area contributed by atoms with E-state index in [1.165, 1.54) is 0 Å².